The molecule has 0 amide bonds. The minimum atomic E-state index is 0.395. The quantitative estimate of drug-likeness (QED) is 0.775. The minimum absolute atomic E-state index is 0.395. The van der Waals surface area contributed by atoms with E-state index in [-0.39, 0.29) is 0 Å². The van der Waals surface area contributed by atoms with Gasteiger partial charge in [0.05, 0.1) is 24.4 Å². The third-order valence-corrected chi connectivity index (χ3v) is 1.93. The second kappa shape index (κ2) is 3.80. The second-order valence-electron chi connectivity index (χ2n) is 3.11. The predicted octanol–water partition coefficient (Wildman–Crippen LogP) is 0.780. The van der Waals surface area contributed by atoms with E-state index in [9.17, 15) is 0 Å². The number of nitriles is 1. The van der Waals surface area contributed by atoms with Crippen molar-refractivity contribution in [2.24, 2.45) is 0 Å². The zero-order valence-electron chi connectivity index (χ0n) is 7.96. The number of aromatic nitrogens is 3. The summed E-state index contributed by atoms with van der Waals surface area (Å²) in [4.78, 5) is 1.49. The van der Waals surface area contributed by atoms with Crippen LogP contribution in [0.2, 0.25) is 0 Å². The molecule has 5 nitrogen and oxygen atoms in total. The molecule has 15 heavy (non-hydrogen) atoms. The molecule has 74 valence electrons. The summed E-state index contributed by atoms with van der Waals surface area (Å²) in [5, 5.41) is 16.7. The van der Waals surface area contributed by atoms with Crippen LogP contribution >= 0.6 is 0 Å². The van der Waals surface area contributed by atoms with Crippen LogP contribution in [-0.2, 0) is 6.54 Å². The minimum Gasteiger partial charge on any atom is -0.381 e. The Hall–Kier alpha value is -2.35. The maximum atomic E-state index is 8.72. The molecule has 0 unspecified atom stereocenters. The average molecular weight is 199 g/mol. The van der Waals surface area contributed by atoms with Gasteiger partial charge in [0.2, 0.25) is 0 Å². The number of anilines is 1. The summed E-state index contributed by atoms with van der Waals surface area (Å²) in [6, 6.07) is 9.40. The van der Waals surface area contributed by atoms with E-state index in [0.717, 1.165) is 5.56 Å². The van der Waals surface area contributed by atoms with Crippen molar-refractivity contribution in [3.8, 4) is 6.07 Å². The molecule has 1 aromatic carbocycles. The van der Waals surface area contributed by atoms with E-state index in [0.29, 0.717) is 17.9 Å². The molecule has 0 spiro atoms. The first-order chi connectivity index (χ1) is 7.28. The number of rotatable bonds is 2. The van der Waals surface area contributed by atoms with Crippen molar-refractivity contribution >= 4 is 5.82 Å². The van der Waals surface area contributed by atoms with Gasteiger partial charge in [-0.2, -0.15) is 15.2 Å². The van der Waals surface area contributed by atoms with Crippen LogP contribution in [0, 0.1) is 11.3 Å². The van der Waals surface area contributed by atoms with Crippen LogP contribution in [0.3, 0.4) is 0 Å². The van der Waals surface area contributed by atoms with Crippen LogP contribution in [0.15, 0.2) is 30.5 Å². The Morgan fingerprint density at radius 3 is 3.00 bits per heavy atom. The predicted molar refractivity (Wildman–Crippen MR) is 54.7 cm³/mol. The maximum Gasteiger partial charge on any atom is 0.165 e. The summed E-state index contributed by atoms with van der Waals surface area (Å²) in [5.74, 6) is 0.395. The Morgan fingerprint density at radius 2 is 2.33 bits per heavy atom. The molecule has 0 radical (unpaired) electrons. The topological polar surface area (TPSA) is 80.5 Å². The van der Waals surface area contributed by atoms with Crippen LogP contribution in [0.4, 0.5) is 5.82 Å². The molecule has 5 heteroatoms. The molecular formula is C10H9N5. The van der Waals surface area contributed by atoms with Gasteiger partial charge in [0.15, 0.2) is 5.82 Å². The Kier molecular flexibility index (Phi) is 2.33. The van der Waals surface area contributed by atoms with Crippen LogP contribution in [-0.4, -0.2) is 15.0 Å². The summed E-state index contributed by atoms with van der Waals surface area (Å²) >= 11 is 0. The highest BCUT2D eigenvalue weighted by Crippen LogP contribution is 2.05. The summed E-state index contributed by atoms with van der Waals surface area (Å²) in [7, 11) is 0. The van der Waals surface area contributed by atoms with E-state index in [2.05, 4.69) is 16.3 Å². The zero-order chi connectivity index (χ0) is 10.7. The van der Waals surface area contributed by atoms with Gasteiger partial charge in [-0.15, -0.1) is 5.10 Å². The van der Waals surface area contributed by atoms with E-state index in [1.165, 1.54) is 11.0 Å². The fraction of sp³-hybridized carbons (Fsp3) is 0.100. The lowest BCUT2D eigenvalue weighted by Gasteiger charge is -2.00. The highest BCUT2D eigenvalue weighted by molar-refractivity contribution is 5.32. The van der Waals surface area contributed by atoms with E-state index >= 15 is 0 Å². The van der Waals surface area contributed by atoms with Crippen molar-refractivity contribution in [1.29, 1.82) is 5.26 Å². The summed E-state index contributed by atoms with van der Waals surface area (Å²) in [6.07, 6.45) is 1.49. The molecule has 0 saturated heterocycles. The Bertz CT molecular complexity index is 509. The third kappa shape index (κ3) is 2.11. The van der Waals surface area contributed by atoms with Crippen molar-refractivity contribution in [2.45, 2.75) is 6.54 Å². The lowest BCUT2D eigenvalue weighted by atomic mass is 10.1. The Labute approximate surface area is 86.7 Å². The van der Waals surface area contributed by atoms with Gasteiger partial charge in [-0.3, -0.25) is 0 Å². The van der Waals surface area contributed by atoms with Gasteiger partial charge < -0.3 is 5.73 Å². The molecular weight excluding hydrogens is 190 g/mol. The Balaban J connectivity index is 2.21. The maximum absolute atomic E-state index is 8.72. The molecule has 2 aromatic rings. The fourth-order valence-corrected chi connectivity index (χ4v) is 1.29. The standard InChI is InChI=1S/C10H9N5/c11-5-8-2-1-3-9(4-8)7-15-13-6-10(12)14-15/h1-4,6H,7H2,(H2,12,14). The molecule has 0 aliphatic carbocycles. The number of nitrogens with zero attached hydrogens (tertiary/aromatic N) is 4. The van der Waals surface area contributed by atoms with Crippen LogP contribution in [0.1, 0.15) is 11.1 Å². The molecule has 1 aromatic heterocycles. The van der Waals surface area contributed by atoms with Crippen molar-refractivity contribution in [3.63, 3.8) is 0 Å². The molecule has 0 atom stereocenters. The van der Waals surface area contributed by atoms with Crippen LogP contribution < -0.4 is 5.73 Å². The van der Waals surface area contributed by atoms with E-state index in [1.54, 1.807) is 12.1 Å². The summed E-state index contributed by atoms with van der Waals surface area (Å²) in [6.45, 7) is 0.521. The summed E-state index contributed by atoms with van der Waals surface area (Å²) in [5.41, 5.74) is 7.05. The SMILES string of the molecule is N#Cc1cccc(Cn2ncc(N)n2)c1. The largest absolute Gasteiger partial charge is 0.381 e. The van der Waals surface area contributed by atoms with E-state index < -0.39 is 0 Å². The monoisotopic (exact) mass is 199 g/mol. The lowest BCUT2D eigenvalue weighted by molar-refractivity contribution is 0.593. The molecule has 0 saturated carbocycles. The first-order valence-corrected chi connectivity index (χ1v) is 4.42. The molecule has 0 bridgehead atoms. The van der Waals surface area contributed by atoms with Gasteiger partial charge in [0.25, 0.3) is 0 Å². The first kappa shape index (κ1) is 9.21. The van der Waals surface area contributed by atoms with Gasteiger partial charge in [-0.1, -0.05) is 12.1 Å². The summed E-state index contributed by atoms with van der Waals surface area (Å²) < 4.78 is 0. The van der Waals surface area contributed by atoms with Gasteiger partial charge >= 0.3 is 0 Å². The van der Waals surface area contributed by atoms with Gasteiger partial charge in [-0.05, 0) is 17.7 Å². The van der Waals surface area contributed by atoms with Crippen LogP contribution in [0.5, 0.6) is 0 Å². The van der Waals surface area contributed by atoms with Gasteiger partial charge in [0.1, 0.15) is 0 Å². The van der Waals surface area contributed by atoms with Crippen LogP contribution in [0.25, 0.3) is 0 Å². The smallest absolute Gasteiger partial charge is 0.165 e. The second-order valence-corrected chi connectivity index (χ2v) is 3.11. The van der Waals surface area contributed by atoms with Crippen molar-refractivity contribution in [2.75, 3.05) is 5.73 Å². The van der Waals surface area contributed by atoms with Crippen molar-refractivity contribution < 1.29 is 0 Å². The number of hydrogen-bond donors (Lipinski definition) is 1. The number of benzene rings is 1. The molecule has 2 N–H and O–H groups in total. The van der Waals surface area contributed by atoms with E-state index in [4.69, 9.17) is 11.0 Å². The van der Waals surface area contributed by atoms with Crippen molar-refractivity contribution in [1.82, 2.24) is 15.0 Å². The molecule has 1 heterocycles. The highest BCUT2D eigenvalue weighted by atomic mass is 15.5. The number of nitrogens with two attached hydrogens (primary N) is 1. The fourth-order valence-electron chi connectivity index (χ4n) is 1.29. The molecule has 2 rings (SSSR count). The number of nitrogen functional groups attached to an aromatic ring is 1. The van der Waals surface area contributed by atoms with Gasteiger partial charge in [-0.25, -0.2) is 0 Å². The molecule has 0 fully saturated rings. The third-order valence-electron chi connectivity index (χ3n) is 1.93. The van der Waals surface area contributed by atoms with Crippen molar-refractivity contribution in [3.05, 3.63) is 41.6 Å². The molecule has 0 aliphatic rings. The van der Waals surface area contributed by atoms with E-state index in [1.807, 2.05) is 12.1 Å². The molecule has 0 aliphatic heterocycles. The normalized spacial score (nSPS) is 9.80. The highest BCUT2D eigenvalue weighted by Gasteiger charge is 1.99. The average Bonchev–Trinajstić information content (AvgIpc) is 2.64. The Morgan fingerprint density at radius 1 is 1.47 bits per heavy atom. The first-order valence-electron chi connectivity index (χ1n) is 4.42. The lowest BCUT2D eigenvalue weighted by Crippen LogP contribution is -2.04. The number of hydrogen-bond acceptors (Lipinski definition) is 4. The van der Waals surface area contributed by atoms with Gasteiger partial charge in [0, 0.05) is 0 Å². The zero-order valence-corrected chi connectivity index (χ0v) is 7.96.